The van der Waals surface area contributed by atoms with Crippen LogP contribution in [0, 0.1) is 13.8 Å². The van der Waals surface area contributed by atoms with Gasteiger partial charge in [-0.2, -0.15) is 0 Å². The minimum Gasteiger partial charge on any atom is -0.507 e. The number of methoxy groups -OCH3 is 1. The number of carbonyl (C=O) groups is 2. The molecular formula is C31H30N2O5. The molecule has 1 aliphatic rings. The zero-order valence-corrected chi connectivity index (χ0v) is 22.0. The Kier molecular flexibility index (Phi) is 6.45. The summed E-state index contributed by atoms with van der Waals surface area (Å²) in [6.07, 6.45) is -0.00665. The Morgan fingerprint density at radius 1 is 1.00 bits per heavy atom. The van der Waals surface area contributed by atoms with Gasteiger partial charge in [-0.05, 0) is 81.8 Å². The van der Waals surface area contributed by atoms with Crippen LogP contribution in [0.25, 0.3) is 16.7 Å². The Labute approximate surface area is 221 Å². The van der Waals surface area contributed by atoms with Gasteiger partial charge in [0, 0.05) is 33.4 Å². The molecule has 4 aromatic rings. The smallest absolute Gasteiger partial charge is 0.300 e. The van der Waals surface area contributed by atoms with Crippen LogP contribution in [-0.4, -0.2) is 35.0 Å². The quantitative estimate of drug-likeness (QED) is 0.183. The molecule has 1 saturated heterocycles. The Morgan fingerprint density at radius 3 is 2.37 bits per heavy atom. The fourth-order valence-corrected chi connectivity index (χ4v) is 5.10. The summed E-state index contributed by atoms with van der Waals surface area (Å²) >= 11 is 0. The minimum absolute atomic E-state index is 0.00665. The maximum absolute atomic E-state index is 13.6. The van der Waals surface area contributed by atoms with E-state index in [2.05, 4.69) is 4.98 Å². The number of H-pyrrole nitrogens is 1. The van der Waals surface area contributed by atoms with Crippen LogP contribution in [0.5, 0.6) is 11.5 Å². The first kappa shape index (κ1) is 25.1. The zero-order valence-electron chi connectivity index (χ0n) is 22.0. The molecule has 0 bridgehead atoms. The topological polar surface area (TPSA) is 91.9 Å². The molecule has 1 fully saturated rings. The lowest BCUT2D eigenvalue weighted by molar-refractivity contribution is -0.132. The van der Waals surface area contributed by atoms with Crippen LogP contribution in [0.4, 0.5) is 5.69 Å². The number of aromatic nitrogens is 1. The molecular weight excluding hydrogens is 480 g/mol. The fourth-order valence-electron chi connectivity index (χ4n) is 5.10. The Bertz CT molecular complexity index is 1580. The van der Waals surface area contributed by atoms with E-state index in [1.54, 1.807) is 49.6 Å². The number of carbonyl (C=O) groups excluding carboxylic acids is 2. The third-order valence-corrected chi connectivity index (χ3v) is 6.82. The second-order valence-electron chi connectivity index (χ2n) is 9.72. The van der Waals surface area contributed by atoms with Crippen molar-refractivity contribution in [3.05, 3.63) is 94.7 Å². The number of rotatable bonds is 6. The number of nitrogens with zero attached hydrogens (tertiary/aromatic N) is 1. The van der Waals surface area contributed by atoms with Crippen molar-refractivity contribution < 1.29 is 24.2 Å². The summed E-state index contributed by atoms with van der Waals surface area (Å²) in [6, 6.07) is 19.1. The van der Waals surface area contributed by atoms with E-state index in [4.69, 9.17) is 9.47 Å². The molecule has 2 N–H and O–H groups in total. The lowest BCUT2D eigenvalue weighted by Crippen LogP contribution is -2.29. The maximum Gasteiger partial charge on any atom is 0.300 e. The molecule has 1 atom stereocenters. The number of aromatic amines is 1. The predicted molar refractivity (Wildman–Crippen MR) is 148 cm³/mol. The first-order valence-corrected chi connectivity index (χ1v) is 12.5. The van der Waals surface area contributed by atoms with E-state index >= 15 is 0 Å². The highest BCUT2D eigenvalue weighted by atomic mass is 16.5. The van der Waals surface area contributed by atoms with Crippen molar-refractivity contribution >= 4 is 34.0 Å². The van der Waals surface area contributed by atoms with Gasteiger partial charge in [0.25, 0.3) is 11.7 Å². The van der Waals surface area contributed by atoms with Crippen LogP contribution in [0.1, 0.15) is 42.3 Å². The number of aryl methyl sites for hydroxylation is 2. The number of para-hydroxylation sites is 1. The van der Waals surface area contributed by atoms with Gasteiger partial charge in [-0.3, -0.25) is 14.5 Å². The number of hydrogen-bond acceptors (Lipinski definition) is 5. The van der Waals surface area contributed by atoms with Crippen molar-refractivity contribution in [3.63, 3.8) is 0 Å². The van der Waals surface area contributed by atoms with Crippen LogP contribution < -0.4 is 14.4 Å². The van der Waals surface area contributed by atoms with E-state index in [0.29, 0.717) is 22.7 Å². The SMILES string of the molecule is COc1ccc(N2C(=O)C(=O)/C(=C(/O)c3ccc(OC(C)C)c(C)c3)C2c2c(C)[nH]c3ccccc23)cc1. The van der Waals surface area contributed by atoms with Gasteiger partial charge >= 0.3 is 0 Å². The van der Waals surface area contributed by atoms with Gasteiger partial charge < -0.3 is 19.6 Å². The van der Waals surface area contributed by atoms with Gasteiger partial charge in [-0.15, -0.1) is 0 Å². The normalized spacial score (nSPS) is 17.0. The summed E-state index contributed by atoms with van der Waals surface area (Å²) in [5.74, 6) is -0.354. The number of fused-ring (bicyclic) bond motifs is 1. The number of aliphatic hydroxyl groups excluding tert-OH is 1. The monoisotopic (exact) mass is 510 g/mol. The van der Waals surface area contributed by atoms with Crippen molar-refractivity contribution in [1.29, 1.82) is 0 Å². The first-order chi connectivity index (χ1) is 18.2. The number of amides is 1. The van der Waals surface area contributed by atoms with Gasteiger partial charge in [0.15, 0.2) is 0 Å². The van der Waals surface area contributed by atoms with Crippen LogP contribution >= 0.6 is 0 Å². The standard InChI is InChI=1S/C31H30N2O5/c1-17(2)38-25-15-10-20(16-18(25)3)29(34)27-28(26-19(4)32-24-9-7-6-8-23(24)26)33(31(36)30(27)35)21-11-13-22(37-5)14-12-21/h6-17,28,32,34H,1-5H3/b29-27+. The molecule has 0 spiro atoms. The fraction of sp³-hybridized carbons (Fsp3) is 0.226. The summed E-state index contributed by atoms with van der Waals surface area (Å²) in [4.78, 5) is 32.0. The van der Waals surface area contributed by atoms with Crippen LogP contribution in [0.15, 0.2) is 72.3 Å². The third-order valence-electron chi connectivity index (χ3n) is 6.82. The molecule has 5 rings (SSSR count). The third kappa shape index (κ3) is 4.20. The molecule has 38 heavy (non-hydrogen) atoms. The van der Waals surface area contributed by atoms with Crippen LogP contribution in [-0.2, 0) is 9.59 Å². The number of ketones is 1. The number of anilines is 1. The van der Waals surface area contributed by atoms with Gasteiger partial charge in [-0.25, -0.2) is 0 Å². The van der Waals surface area contributed by atoms with Crippen molar-refractivity contribution in [2.45, 2.75) is 39.8 Å². The molecule has 0 saturated carbocycles. The Morgan fingerprint density at radius 2 is 1.71 bits per heavy atom. The van der Waals surface area contributed by atoms with Gasteiger partial charge in [-0.1, -0.05) is 18.2 Å². The predicted octanol–water partition coefficient (Wildman–Crippen LogP) is 6.21. The molecule has 2 heterocycles. The van der Waals surface area contributed by atoms with Crippen molar-refractivity contribution in [2.75, 3.05) is 12.0 Å². The van der Waals surface area contributed by atoms with Crippen molar-refractivity contribution in [1.82, 2.24) is 4.98 Å². The molecule has 1 unspecified atom stereocenters. The lowest BCUT2D eigenvalue weighted by atomic mass is 9.92. The highest BCUT2D eigenvalue weighted by Crippen LogP contribution is 2.45. The highest BCUT2D eigenvalue weighted by Gasteiger charge is 2.48. The summed E-state index contributed by atoms with van der Waals surface area (Å²) in [7, 11) is 1.57. The summed E-state index contributed by atoms with van der Waals surface area (Å²) < 4.78 is 11.1. The van der Waals surface area contributed by atoms with E-state index < -0.39 is 17.7 Å². The summed E-state index contributed by atoms with van der Waals surface area (Å²) in [5.41, 5.74) is 4.26. The number of hydrogen-bond donors (Lipinski definition) is 2. The van der Waals surface area contributed by atoms with Crippen LogP contribution in [0.2, 0.25) is 0 Å². The molecule has 1 amide bonds. The number of aliphatic hydroxyl groups is 1. The maximum atomic E-state index is 13.6. The molecule has 0 aliphatic carbocycles. The van der Waals surface area contributed by atoms with Crippen molar-refractivity contribution in [3.8, 4) is 11.5 Å². The van der Waals surface area contributed by atoms with E-state index in [-0.39, 0.29) is 17.4 Å². The Balaban J connectivity index is 1.74. The van der Waals surface area contributed by atoms with Gasteiger partial charge in [0.2, 0.25) is 0 Å². The zero-order chi connectivity index (χ0) is 27.1. The average Bonchev–Trinajstić information content (AvgIpc) is 3.36. The molecule has 3 aromatic carbocycles. The molecule has 0 radical (unpaired) electrons. The van der Waals surface area contributed by atoms with E-state index in [0.717, 1.165) is 27.7 Å². The first-order valence-electron chi connectivity index (χ1n) is 12.5. The Hall–Kier alpha value is -4.52. The molecule has 7 nitrogen and oxygen atoms in total. The molecule has 194 valence electrons. The lowest BCUT2D eigenvalue weighted by Gasteiger charge is -2.26. The number of benzene rings is 3. The summed E-state index contributed by atoms with van der Waals surface area (Å²) in [5, 5.41) is 12.5. The second-order valence-corrected chi connectivity index (χ2v) is 9.72. The second kappa shape index (κ2) is 9.74. The molecule has 7 heteroatoms. The average molecular weight is 511 g/mol. The highest BCUT2D eigenvalue weighted by molar-refractivity contribution is 6.52. The number of ether oxygens (including phenoxy) is 2. The van der Waals surface area contributed by atoms with E-state index in [1.165, 1.54) is 4.90 Å². The van der Waals surface area contributed by atoms with E-state index in [9.17, 15) is 14.7 Å². The number of Topliss-reactive ketones (excluding diaryl/α,β-unsaturated/α-hetero) is 1. The van der Waals surface area contributed by atoms with Crippen molar-refractivity contribution in [2.24, 2.45) is 0 Å². The van der Waals surface area contributed by atoms with E-state index in [1.807, 2.05) is 52.0 Å². The number of nitrogens with one attached hydrogen (secondary N) is 1. The molecule has 1 aromatic heterocycles. The summed E-state index contributed by atoms with van der Waals surface area (Å²) in [6.45, 7) is 7.67. The minimum atomic E-state index is -0.841. The van der Waals surface area contributed by atoms with Gasteiger partial charge in [0.1, 0.15) is 17.3 Å². The van der Waals surface area contributed by atoms with Gasteiger partial charge in [0.05, 0.1) is 24.8 Å². The van der Waals surface area contributed by atoms with Crippen LogP contribution in [0.3, 0.4) is 0 Å². The largest absolute Gasteiger partial charge is 0.507 e. The molecule has 1 aliphatic heterocycles.